The average molecular weight is 281 g/mol. The van der Waals surface area contributed by atoms with Crippen LogP contribution in [0.5, 0.6) is 11.5 Å². The van der Waals surface area contributed by atoms with Gasteiger partial charge in [-0.05, 0) is 48.6 Å². The van der Waals surface area contributed by atoms with Gasteiger partial charge in [-0.2, -0.15) is 0 Å². The number of hydrogen-bond acceptors (Lipinski definition) is 3. The minimum absolute atomic E-state index is 0.256. The van der Waals surface area contributed by atoms with Gasteiger partial charge in [0.1, 0.15) is 18.1 Å². The van der Waals surface area contributed by atoms with Crippen molar-refractivity contribution in [3.63, 3.8) is 0 Å². The van der Waals surface area contributed by atoms with Crippen LogP contribution in [0.25, 0.3) is 0 Å². The first-order chi connectivity index (χ1) is 10.3. The number of para-hydroxylation sites is 1. The first-order valence-corrected chi connectivity index (χ1v) is 7.61. The summed E-state index contributed by atoms with van der Waals surface area (Å²) in [7, 11) is 0. The van der Waals surface area contributed by atoms with Crippen LogP contribution in [-0.2, 0) is 6.42 Å². The number of nitrogens with one attached hydrogen (secondary N) is 1. The molecular weight excluding hydrogens is 262 g/mol. The Kier molecular flexibility index (Phi) is 3.08. The van der Waals surface area contributed by atoms with Crippen LogP contribution in [0.2, 0.25) is 0 Å². The van der Waals surface area contributed by atoms with Crippen LogP contribution in [0, 0.1) is 0 Å². The average Bonchev–Trinajstić information content (AvgIpc) is 2.91. The van der Waals surface area contributed by atoms with Crippen LogP contribution < -0.4 is 10.1 Å². The van der Waals surface area contributed by atoms with Crippen molar-refractivity contribution in [2.24, 2.45) is 0 Å². The molecule has 3 heteroatoms. The van der Waals surface area contributed by atoms with Crippen LogP contribution in [-0.4, -0.2) is 11.7 Å². The number of aromatic hydroxyl groups is 1. The van der Waals surface area contributed by atoms with Crippen molar-refractivity contribution < 1.29 is 9.84 Å². The molecule has 21 heavy (non-hydrogen) atoms. The zero-order chi connectivity index (χ0) is 14.2. The number of phenolic OH excluding ortho intramolecular Hbond substituents is 1. The van der Waals surface area contributed by atoms with E-state index in [0.29, 0.717) is 18.4 Å². The standard InChI is InChI=1S/C18H19NO2/c20-13-8-9-14-12(10-13)4-3-6-16(14)19-17-11-21-18-7-2-1-5-15(17)18/h1-2,5,7-10,16-17,19-20H,3-4,6,11H2. The monoisotopic (exact) mass is 281 g/mol. The molecule has 1 heterocycles. The van der Waals surface area contributed by atoms with Gasteiger partial charge < -0.3 is 15.2 Å². The fraction of sp³-hybridized carbons (Fsp3) is 0.333. The van der Waals surface area contributed by atoms with Crippen molar-refractivity contribution in [1.29, 1.82) is 0 Å². The second-order valence-corrected chi connectivity index (χ2v) is 5.90. The Morgan fingerprint density at radius 3 is 2.90 bits per heavy atom. The topological polar surface area (TPSA) is 41.5 Å². The Balaban J connectivity index is 1.60. The van der Waals surface area contributed by atoms with E-state index in [1.807, 2.05) is 18.2 Å². The molecular formula is C18H19NO2. The molecule has 0 radical (unpaired) electrons. The quantitative estimate of drug-likeness (QED) is 0.885. The lowest BCUT2D eigenvalue weighted by Crippen LogP contribution is -2.30. The fourth-order valence-electron chi connectivity index (χ4n) is 3.52. The third-order valence-electron chi connectivity index (χ3n) is 4.54. The van der Waals surface area contributed by atoms with Crippen molar-refractivity contribution in [1.82, 2.24) is 5.32 Å². The summed E-state index contributed by atoms with van der Waals surface area (Å²) in [5, 5.41) is 13.4. The molecule has 1 aliphatic carbocycles. The zero-order valence-electron chi connectivity index (χ0n) is 11.9. The highest BCUT2D eigenvalue weighted by Crippen LogP contribution is 2.37. The van der Waals surface area contributed by atoms with E-state index in [4.69, 9.17) is 4.74 Å². The molecule has 0 bridgehead atoms. The predicted molar refractivity (Wildman–Crippen MR) is 81.6 cm³/mol. The Morgan fingerprint density at radius 2 is 1.95 bits per heavy atom. The first-order valence-electron chi connectivity index (χ1n) is 7.61. The van der Waals surface area contributed by atoms with Crippen LogP contribution in [0.1, 0.15) is 41.6 Å². The number of benzene rings is 2. The molecule has 0 aromatic heterocycles. The summed E-state index contributed by atoms with van der Waals surface area (Å²) in [6.45, 7) is 0.698. The number of phenols is 1. The maximum atomic E-state index is 9.65. The molecule has 2 aromatic carbocycles. The first kappa shape index (κ1) is 12.7. The molecule has 0 fully saturated rings. The van der Waals surface area contributed by atoms with Crippen LogP contribution in [0.3, 0.4) is 0 Å². The predicted octanol–water partition coefficient (Wildman–Crippen LogP) is 3.49. The van der Waals surface area contributed by atoms with Crippen molar-refractivity contribution >= 4 is 0 Å². The number of hydrogen-bond donors (Lipinski definition) is 2. The van der Waals surface area contributed by atoms with E-state index in [2.05, 4.69) is 23.5 Å². The van der Waals surface area contributed by atoms with E-state index in [-0.39, 0.29) is 6.04 Å². The maximum absolute atomic E-state index is 9.65. The summed E-state index contributed by atoms with van der Waals surface area (Å²) in [6, 6.07) is 14.6. The summed E-state index contributed by atoms with van der Waals surface area (Å²) in [4.78, 5) is 0. The normalized spacial score (nSPS) is 23.2. The molecule has 2 unspecified atom stereocenters. The molecule has 0 spiro atoms. The Morgan fingerprint density at radius 1 is 1.05 bits per heavy atom. The third kappa shape index (κ3) is 2.28. The van der Waals surface area contributed by atoms with Crippen molar-refractivity contribution in [2.45, 2.75) is 31.3 Å². The molecule has 2 aliphatic rings. The molecule has 0 saturated heterocycles. The highest BCUT2D eigenvalue weighted by molar-refractivity contribution is 5.41. The zero-order valence-corrected chi connectivity index (χ0v) is 11.9. The minimum atomic E-state index is 0.256. The molecule has 3 nitrogen and oxygen atoms in total. The van der Waals surface area contributed by atoms with E-state index >= 15 is 0 Å². The van der Waals surface area contributed by atoms with Crippen molar-refractivity contribution in [3.05, 3.63) is 59.2 Å². The van der Waals surface area contributed by atoms with E-state index in [0.717, 1.165) is 25.0 Å². The van der Waals surface area contributed by atoms with Gasteiger partial charge in [-0.1, -0.05) is 24.3 Å². The highest BCUT2D eigenvalue weighted by Gasteiger charge is 2.28. The molecule has 2 atom stereocenters. The van der Waals surface area contributed by atoms with Gasteiger partial charge in [-0.25, -0.2) is 0 Å². The van der Waals surface area contributed by atoms with Gasteiger partial charge in [-0.3, -0.25) is 0 Å². The second kappa shape index (κ2) is 5.08. The number of aryl methyl sites for hydroxylation is 1. The Bertz CT molecular complexity index is 668. The summed E-state index contributed by atoms with van der Waals surface area (Å²) in [5.74, 6) is 1.36. The molecule has 0 saturated carbocycles. The minimum Gasteiger partial charge on any atom is -0.508 e. The lowest BCUT2D eigenvalue weighted by atomic mass is 9.87. The Hall–Kier alpha value is -2.00. The van der Waals surface area contributed by atoms with Gasteiger partial charge in [-0.15, -0.1) is 0 Å². The molecule has 2 N–H and O–H groups in total. The largest absolute Gasteiger partial charge is 0.508 e. The van der Waals surface area contributed by atoms with Gasteiger partial charge in [0, 0.05) is 11.6 Å². The van der Waals surface area contributed by atoms with E-state index in [1.54, 1.807) is 6.07 Å². The summed E-state index contributed by atoms with van der Waals surface area (Å²) >= 11 is 0. The summed E-state index contributed by atoms with van der Waals surface area (Å²) < 4.78 is 5.76. The number of rotatable bonds is 2. The molecule has 108 valence electrons. The second-order valence-electron chi connectivity index (χ2n) is 5.90. The third-order valence-corrected chi connectivity index (χ3v) is 4.54. The van der Waals surface area contributed by atoms with Crippen LogP contribution in [0.15, 0.2) is 42.5 Å². The maximum Gasteiger partial charge on any atom is 0.124 e. The van der Waals surface area contributed by atoms with Crippen molar-refractivity contribution in [3.8, 4) is 11.5 Å². The van der Waals surface area contributed by atoms with Crippen LogP contribution in [0.4, 0.5) is 0 Å². The Labute approximate surface area is 124 Å². The SMILES string of the molecule is Oc1ccc2c(c1)CCCC2NC1COc2ccccc21. The van der Waals surface area contributed by atoms with E-state index in [9.17, 15) is 5.11 Å². The molecule has 2 aromatic rings. The smallest absolute Gasteiger partial charge is 0.124 e. The van der Waals surface area contributed by atoms with E-state index < -0.39 is 0 Å². The molecule has 4 rings (SSSR count). The summed E-state index contributed by atoms with van der Waals surface area (Å²) in [6.07, 6.45) is 3.35. The molecule has 1 aliphatic heterocycles. The van der Waals surface area contributed by atoms with Gasteiger partial charge in [0.2, 0.25) is 0 Å². The lowest BCUT2D eigenvalue weighted by molar-refractivity contribution is 0.290. The number of fused-ring (bicyclic) bond motifs is 2. The van der Waals surface area contributed by atoms with Gasteiger partial charge in [0.15, 0.2) is 0 Å². The van der Waals surface area contributed by atoms with Gasteiger partial charge >= 0.3 is 0 Å². The van der Waals surface area contributed by atoms with Crippen LogP contribution >= 0.6 is 0 Å². The molecule has 0 amide bonds. The van der Waals surface area contributed by atoms with Gasteiger partial charge in [0.05, 0.1) is 6.04 Å². The van der Waals surface area contributed by atoms with Gasteiger partial charge in [0.25, 0.3) is 0 Å². The van der Waals surface area contributed by atoms with Crippen molar-refractivity contribution in [2.75, 3.05) is 6.61 Å². The number of ether oxygens (including phenoxy) is 1. The highest BCUT2D eigenvalue weighted by atomic mass is 16.5. The fourth-order valence-corrected chi connectivity index (χ4v) is 3.52. The van der Waals surface area contributed by atoms with E-state index in [1.165, 1.54) is 16.7 Å². The lowest BCUT2D eigenvalue weighted by Gasteiger charge is -2.29. The summed E-state index contributed by atoms with van der Waals surface area (Å²) in [5.41, 5.74) is 3.85.